The second-order valence-electron chi connectivity index (χ2n) is 7.10. The quantitative estimate of drug-likeness (QED) is 0.656. The first-order chi connectivity index (χ1) is 12.4. The van der Waals surface area contributed by atoms with E-state index in [1.807, 2.05) is 19.1 Å². The third-order valence-corrected chi connectivity index (χ3v) is 4.10. The van der Waals surface area contributed by atoms with Gasteiger partial charge in [0.2, 0.25) is 0 Å². The molecule has 26 heavy (non-hydrogen) atoms. The predicted molar refractivity (Wildman–Crippen MR) is 102 cm³/mol. The normalized spacial score (nSPS) is 11.4. The van der Waals surface area contributed by atoms with E-state index in [1.54, 1.807) is 24.4 Å². The lowest BCUT2D eigenvalue weighted by atomic mass is 9.87. The molecule has 3 aromatic rings. The Morgan fingerprint density at radius 3 is 2.35 bits per heavy atom. The highest BCUT2D eigenvalue weighted by Gasteiger charge is 2.16. The number of ether oxygens (including phenoxy) is 2. The molecule has 2 aromatic carbocycles. The van der Waals surface area contributed by atoms with Gasteiger partial charge >= 0.3 is 0 Å². The summed E-state index contributed by atoms with van der Waals surface area (Å²) < 4.78 is 11.4. The van der Waals surface area contributed by atoms with Crippen LogP contribution in [0.4, 0.5) is 0 Å². The standard InChI is InChI=1S/C21H24N2O3/c1-5-25-16-10-11-17(18(24)12-16)20-19(13-22-23-20)26-15-8-6-14(7-9-15)21(2,3)4/h6-13,24H,5H2,1-4H3,(H,22,23). The summed E-state index contributed by atoms with van der Waals surface area (Å²) in [4.78, 5) is 0. The van der Waals surface area contributed by atoms with Crippen LogP contribution in [0.1, 0.15) is 33.3 Å². The lowest BCUT2D eigenvalue weighted by molar-refractivity contribution is 0.338. The molecule has 0 aliphatic rings. The first-order valence-corrected chi connectivity index (χ1v) is 8.66. The summed E-state index contributed by atoms with van der Waals surface area (Å²) in [6, 6.07) is 13.2. The van der Waals surface area contributed by atoms with Crippen molar-refractivity contribution in [1.29, 1.82) is 0 Å². The Morgan fingerprint density at radius 2 is 1.73 bits per heavy atom. The predicted octanol–water partition coefficient (Wildman–Crippen LogP) is 5.27. The summed E-state index contributed by atoms with van der Waals surface area (Å²) in [6.45, 7) is 8.96. The molecule has 2 N–H and O–H groups in total. The van der Waals surface area contributed by atoms with Crippen molar-refractivity contribution in [3.8, 4) is 34.3 Å². The molecule has 0 aliphatic carbocycles. The number of hydrogen-bond acceptors (Lipinski definition) is 4. The van der Waals surface area contributed by atoms with Crippen LogP contribution in [0.25, 0.3) is 11.3 Å². The van der Waals surface area contributed by atoms with Crippen molar-refractivity contribution in [3.63, 3.8) is 0 Å². The maximum absolute atomic E-state index is 10.3. The minimum Gasteiger partial charge on any atom is -0.507 e. The molecule has 0 radical (unpaired) electrons. The zero-order valence-electron chi connectivity index (χ0n) is 15.5. The van der Waals surface area contributed by atoms with Gasteiger partial charge in [-0.25, -0.2) is 0 Å². The fraction of sp³-hybridized carbons (Fsp3) is 0.286. The van der Waals surface area contributed by atoms with E-state index in [1.165, 1.54) is 5.56 Å². The second kappa shape index (κ2) is 7.12. The Morgan fingerprint density at radius 1 is 1.04 bits per heavy atom. The van der Waals surface area contributed by atoms with E-state index >= 15 is 0 Å². The number of H-pyrrole nitrogens is 1. The fourth-order valence-electron chi connectivity index (χ4n) is 2.67. The number of phenolic OH excluding ortho intramolecular Hbond substituents is 1. The van der Waals surface area contributed by atoms with Crippen LogP contribution in [0.5, 0.6) is 23.0 Å². The zero-order valence-corrected chi connectivity index (χ0v) is 15.5. The molecule has 0 amide bonds. The Hall–Kier alpha value is -2.95. The summed E-state index contributed by atoms with van der Waals surface area (Å²) in [6.07, 6.45) is 1.60. The van der Waals surface area contributed by atoms with Crippen molar-refractivity contribution in [3.05, 3.63) is 54.2 Å². The molecule has 0 atom stereocenters. The first-order valence-electron chi connectivity index (χ1n) is 8.66. The van der Waals surface area contributed by atoms with Gasteiger partial charge in [0, 0.05) is 11.6 Å². The Bertz CT molecular complexity index is 877. The van der Waals surface area contributed by atoms with Gasteiger partial charge in [-0.1, -0.05) is 32.9 Å². The van der Waals surface area contributed by atoms with Crippen LogP contribution < -0.4 is 9.47 Å². The third-order valence-electron chi connectivity index (χ3n) is 4.10. The maximum Gasteiger partial charge on any atom is 0.173 e. The number of phenols is 1. The van der Waals surface area contributed by atoms with E-state index in [9.17, 15) is 5.11 Å². The highest BCUT2D eigenvalue weighted by molar-refractivity contribution is 5.73. The van der Waals surface area contributed by atoms with Crippen molar-refractivity contribution in [2.45, 2.75) is 33.1 Å². The van der Waals surface area contributed by atoms with Crippen molar-refractivity contribution < 1.29 is 14.6 Å². The SMILES string of the molecule is CCOc1ccc(-c2[nH]ncc2Oc2ccc(C(C)(C)C)cc2)c(O)c1. The van der Waals surface area contributed by atoms with Crippen LogP contribution in [0.15, 0.2) is 48.7 Å². The molecule has 0 aliphatic heterocycles. The number of nitrogens with one attached hydrogen (secondary N) is 1. The van der Waals surface area contributed by atoms with Crippen molar-refractivity contribution in [2.24, 2.45) is 0 Å². The molecule has 0 saturated carbocycles. The van der Waals surface area contributed by atoms with Crippen molar-refractivity contribution >= 4 is 0 Å². The highest BCUT2D eigenvalue weighted by atomic mass is 16.5. The number of aromatic nitrogens is 2. The van der Waals surface area contributed by atoms with Crippen LogP contribution in [-0.4, -0.2) is 21.9 Å². The number of rotatable bonds is 5. The molecule has 0 bridgehead atoms. The number of benzene rings is 2. The third kappa shape index (κ3) is 3.82. The summed E-state index contributed by atoms with van der Waals surface area (Å²) in [7, 11) is 0. The monoisotopic (exact) mass is 352 g/mol. The van der Waals surface area contributed by atoms with E-state index in [0.29, 0.717) is 35.1 Å². The molecule has 136 valence electrons. The summed E-state index contributed by atoms with van der Waals surface area (Å²) in [5.41, 5.74) is 2.55. The summed E-state index contributed by atoms with van der Waals surface area (Å²) in [5.74, 6) is 1.99. The molecule has 3 rings (SSSR count). The molecular formula is C21H24N2O3. The Labute approximate surface area is 153 Å². The van der Waals surface area contributed by atoms with Crippen LogP contribution in [-0.2, 0) is 5.41 Å². The van der Waals surface area contributed by atoms with Crippen molar-refractivity contribution in [1.82, 2.24) is 10.2 Å². The van der Waals surface area contributed by atoms with Gasteiger partial charge in [-0.2, -0.15) is 5.10 Å². The van der Waals surface area contributed by atoms with Gasteiger partial charge < -0.3 is 14.6 Å². The molecular weight excluding hydrogens is 328 g/mol. The second-order valence-corrected chi connectivity index (χ2v) is 7.10. The van der Waals surface area contributed by atoms with Gasteiger partial charge in [0.1, 0.15) is 22.9 Å². The number of aromatic amines is 1. The van der Waals surface area contributed by atoms with Crippen molar-refractivity contribution in [2.75, 3.05) is 6.61 Å². The average molecular weight is 352 g/mol. The molecule has 0 saturated heterocycles. The average Bonchev–Trinajstić information content (AvgIpc) is 3.03. The largest absolute Gasteiger partial charge is 0.507 e. The van der Waals surface area contributed by atoms with Gasteiger partial charge in [-0.15, -0.1) is 0 Å². The van der Waals surface area contributed by atoms with Crippen LogP contribution >= 0.6 is 0 Å². The van der Waals surface area contributed by atoms with E-state index in [-0.39, 0.29) is 11.2 Å². The topological polar surface area (TPSA) is 67.4 Å². The first kappa shape index (κ1) is 17.9. The molecule has 0 fully saturated rings. The minimum absolute atomic E-state index is 0.0907. The maximum atomic E-state index is 10.3. The summed E-state index contributed by atoms with van der Waals surface area (Å²) >= 11 is 0. The smallest absolute Gasteiger partial charge is 0.173 e. The fourth-order valence-corrected chi connectivity index (χ4v) is 2.67. The van der Waals surface area contributed by atoms with E-state index in [2.05, 4.69) is 43.1 Å². The van der Waals surface area contributed by atoms with Gasteiger partial charge in [0.05, 0.1) is 12.8 Å². The number of hydrogen-bond donors (Lipinski definition) is 2. The van der Waals surface area contributed by atoms with E-state index in [0.717, 1.165) is 0 Å². The molecule has 5 nitrogen and oxygen atoms in total. The van der Waals surface area contributed by atoms with E-state index < -0.39 is 0 Å². The van der Waals surface area contributed by atoms with Gasteiger partial charge in [0.15, 0.2) is 5.75 Å². The van der Waals surface area contributed by atoms with Gasteiger partial charge in [-0.05, 0) is 42.2 Å². The van der Waals surface area contributed by atoms with Gasteiger partial charge in [-0.3, -0.25) is 5.10 Å². The Balaban J connectivity index is 1.85. The van der Waals surface area contributed by atoms with Crippen LogP contribution in [0.2, 0.25) is 0 Å². The number of aromatic hydroxyl groups is 1. The molecule has 5 heteroatoms. The lowest BCUT2D eigenvalue weighted by Gasteiger charge is -2.19. The lowest BCUT2D eigenvalue weighted by Crippen LogP contribution is -2.10. The highest BCUT2D eigenvalue weighted by Crippen LogP contribution is 2.38. The molecule has 1 aromatic heterocycles. The van der Waals surface area contributed by atoms with Crippen LogP contribution in [0, 0.1) is 0 Å². The van der Waals surface area contributed by atoms with E-state index in [4.69, 9.17) is 9.47 Å². The molecule has 1 heterocycles. The number of nitrogens with zero attached hydrogens (tertiary/aromatic N) is 1. The Kier molecular flexibility index (Phi) is 4.89. The zero-order chi connectivity index (χ0) is 18.7. The molecule has 0 spiro atoms. The molecule has 0 unspecified atom stereocenters. The summed E-state index contributed by atoms with van der Waals surface area (Å²) in [5, 5.41) is 17.3. The van der Waals surface area contributed by atoms with Crippen LogP contribution in [0.3, 0.4) is 0 Å². The minimum atomic E-state index is 0.0907. The van der Waals surface area contributed by atoms with Gasteiger partial charge in [0.25, 0.3) is 0 Å².